The Kier molecular flexibility index (Phi) is 2.22. The van der Waals surface area contributed by atoms with Crippen molar-refractivity contribution < 1.29 is 0 Å². The van der Waals surface area contributed by atoms with Crippen LogP contribution < -0.4 is 4.65 Å². The van der Waals surface area contributed by atoms with Crippen LogP contribution >= 0.6 is 0 Å². The second-order valence-electron chi connectivity index (χ2n) is 5.44. The van der Waals surface area contributed by atoms with Crippen molar-refractivity contribution in [3.63, 3.8) is 0 Å². The number of rotatable bonds is 1. The number of H-pyrrole nitrogens is 1. The Balaban J connectivity index is 1.97. The molecule has 1 aliphatic heterocycles. The van der Waals surface area contributed by atoms with Gasteiger partial charge in [0.2, 0.25) is 0 Å². The smallest absolute Gasteiger partial charge is 0.133 e. The number of aromatic nitrogens is 1. The van der Waals surface area contributed by atoms with Gasteiger partial charge in [0.15, 0.2) is 0 Å². The van der Waals surface area contributed by atoms with Gasteiger partial charge < -0.3 is 14.8 Å². The van der Waals surface area contributed by atoms with E-state index in [-0.39, 0.29) is 4.65 Å². The SMILES string of the molecule is [O-][N+]1(c2ccc3[nH]c4ccccc4c3c2)CCCC1. The summed E-state index contributed by atoms with van der Waals surface area (Å²) in [7, 11) is 0. The van der Waals surface area contributed by atoms with Gasteiger partial charge in [-0.15, -0.1) is 0 Å². The predicted molar refractivity (Wildman–Crippen MR) is 79.9 cm³/mol. The van der Waals surface area contributed by atoms with E-state index < -0.39 is 0 Å². The number of para-hydroxylation sites is 1. The summed E-state index contributed by atoms with van der Waals surface area (Å²) in [6.45, 7) is 1.43. The molecule has 0 unspecified atom stereocenters. The predicted octanol–water partition coefficient (Wildman–Crippen LogP) is 3.92. The van der Waals surface area contributed by atoms with E-state index in [1.807, 2.05) is 24.3 Å². The Hall–Kier alpha value is -1.84. The summed E-state index contributed by atoms with van der Waals surface area (Å²) in [4.78, 5) is 3.40. The molecule has 0 aliphatic carbocycles. The molecule has 0 radical (unpaired) electrons. The number of aromatic amines is 1. The zero-order valence-corrected chi connectivity index (χ0v) is 10.7. The molecular formula is C16H16N2O. The monoisotopic (exact) mass is 252 g/mol. The Morgan fingerprint density at radius 2 is 1.63 bits per heavy atom. The minimum Gasteiger partial charge on any atom is -0.627 e. The van der Waals surface area contributed by atoms with Gasteiger partial charge >= 0.3 is 0 Å². The van der Waals surface area contributed by atoms with Crippen LogP contribution in [0.25, 0.3) is 21.8 Å². The van der Waals surface area contributed by atoms with Crippen LogP contribution in [0.2, 0.25) is 0 Å². The minimum atomic E-state index is -0.157. The van der Waals surface area contributed by atoms with Crippen LogP contribution in [-0.4, -0.2) is 18.1 Å². The van der Waals surface area contributed by atoms with Crippen molar-refractivity contribution in [1.82, 2.24) is 9.63 Å². The summed E-state index contributed by atoms with van der Waals surface area (Å²) >= 11 is 0. The van der Waals surface area contributed by atoms with E-state index in [0.29, 0.717) is 13.1 Å². The number of hydrogen-bond donors (Lipinski definition) is 1. The Labute approximate surface area is 111 Å². The molecule has 2 aromatic carbocycles. The van der Waals surface area contributed by atoms with E-state index >= 15 is 0 Å². The molecule has 0 saturated carbocycles. The van der Waals surface area contributed by atoms with E-state index in [1.54, 1.807) is 0 Å². The first-order valence-corrected chi connectivity index (χ1v) is 6.85. The first-order chi connectivity index (χ1) is 9.26. The molecule has 1 fully saturated rings. The van der Waals surface area contributed by atoms with Crippen LogP contribution in [0.4, 0.5) is 5.69 Å². The van der Waals surface area contributed by atoms with Gasteiger partial charge in [0.05, 0.1) is 13.1 Å². The van der Waals surface area contributed by atoms with Gasteiger partial charge in [-0.1, -0.05) is 18.2 Å². The highest BCUT2D eigenvalue weighted by atomic mass is 16.5. The summed E-state index contributed by atoms with van der Waals surface area (Å²) in [5.74, 6) is 0. The molecular weight excluding hydrogens is 236 g/mol. The van der Waals surface area contributed by atoms with Crippen LogP contribution in [-0.2, 0) is 0 Å². The van der Waals surface area contributed by atoms with Gasteiger partial charge in [-0.3, -0.25) is 0 Å². The lowest BCUT2D eigenvalue weighted by molar-refractivity contribution is 0.456. The van der Waals surface area contributed by atoms with Crippen LogP contribution in [0, 0.1) is 5.21 Å². The largest absolute Gasteiger partial charge is 0.627 e. The third kappa shape index (κ3) is 1.59. The fraction of sp³-hybridized carbons (Fsp3) is 0.250. The molecule has 3 nitrogen and oxygen atoms in total. The standard InChI is InChI=1S/C16H16N2O/c19-18(9-3-4-10-18)12-7-8-16-14(11-12)13-5-1-2-6-15(13)17-16/h1-2,5-8,11,17H,3-4,9-10H2. The minimum absolute atomic E-state index is 0.157. The maximum atomic E-state index is 12.7. The molecule has 3 heteroatoms. The fourth-order valence-corrected chi connectivity index (χ4v) is 3.19. The summed E-state index contributed by atoms with van der Waals surface area (Å²) in [6, 6.07) is 14.4. The number of quaternary nitrogens is 1. The summed E-state index contributed by atoms with van der Waals surface area (Å²) < 4.78 is -0.157. The molecule has 0 amide bonds. The van der Waals surface area contributed by atoms with Crippen molar-refractivity contribution in [2.45, 2.75) is 12.8 Å². The second-order valence-corrected chi connectivity index (χ2v) is 5.44. The lowest BCUT2D eigenvalue weighted by Gasteiger charge is -2.37. The van der Waals surface area contributed by atoms with Crippen molar-refractivity contribution in [3.05, 3.63) is 47.7 Å². The van der Waals surface area contributed by atoms with E-state index in [1.165, 1.54) is 5.39 Å². The number of hydrogen-bond acceptors (Lipinski definition) is 1. The first kappa shape index (κ1) is 11.0. The normalized spacial score (nSPS) is 18.4. The zero-order valence-electron chi connectivity index (χ0n) is 10.7. The highest BCUT2D eigenvalue weighted by Gasteiger charge is 2.25. The van der Waals surface area contributed by atoms with Crippen LogP contribution in [0.3, 0.4) is 0 Å². The quantitative estimate of drug-likeness (QED) is 0.517. The molecule has 0 spiro atoms. The van der Waals surface area contributed by atoms with Crippen molar-refractivity contribution in [2.75, 3.05) is 13.1 Å². The van der Waals surface area contributed by atoms with Crippen LogP contribution in [0.15, 0.2) is 42.5 Å². The number of fused-ring (bicyclic) bond motifs is 3. The Bertz CT molecular complexity index is 754. The fourth-order valence-electron chi connectivity index (χ4n) is 3.19. The lowest BCUT2D eigenvalue weighted by Crippen LogP contribution is -2.39. The lowest BCUT2D eigenvalue weighted by atomic mass is 10.1. The highest BCUT2D eigenvalue weighted by molar-refractivity contribution is 6.08. The number of hydroxylamine groups is 2. The molecule has 19 heavy (non-hydrogen) atoms. The number of nitrogens with one attached hydrogen (secondary N) is 1. The molecule has 96 valence electrons. The van der Waals surface area contributed by atoms with Gasteiger partial charge in [0.25, 0.3) is 0 Å². The van der Waals surface area contributed by atoms with E-state index in [0.717, 1.165) is 34.9 Å². The molecule has 4 rings (SSSR count). The third-order valence-corrected chi connectivity index (χ3v) is 4.25. The van der Waals surface area contributed by atoms with Crippen LogP contribution in [0.5, 0.6) is 0 Å². The first-order valence-electron chi connectivity index (χ1n) is 6.85. The number of nitrogens with zero attached hydrogens (tertiary/aromatic N) is 1. The molecule has 1 saturated heterocycles. The maximum Gasteiger partial charge on any atom is 0.133 e. The molecule has 2 heterocycles. The Morgan fingerprint density at radius 1 is 0.895 bits per heavy atom. The van der Waals surface area contributed by atoms with Gasteiger partial charge in [0, 0.05) is 46.8 Å². The van der Waals surface area contributed by atoms with Gasteiger partial charge in [-0.25, -0.2) is 0 Å². The average Bonchev–Trinajstić information content (AvgIpc) is 3.02. The van der Waals surface area contributed by atoms with Crippen molar-refractivity contribution in [3.8, 4) is 0 Å². The third-order valence-electron chi connectivity index (χ3n) is 4.25. The molecule has 0 bridgehead atoms. The molecule has 3 aromatic rings. The topological polar surface area (TPSA) is 38.8 Å². The maximum absolute atomic E-state index is 12.7. The van der Waals surface area contributed by atoms with Crippen LogP contribution in [0.1, 0.15) is 12.8 Å². The van der Waals surface area contributed by atoms with Crippen molar-refractivity contribution in [2.24, 2.45) is 0 Å². The van der Waals surface area contributed by atoms with Crippen molar-refractivity contribution >= 4 is 27.5 Å². The zero-order chi connectivity index (χ0) is 12.9. The van der Waals surface area contributed by atoms with E-state index in [9.17, 15) is 5.21 Å². The molecule has 1 aliphatic rings. The summed E-state index contributed by atoms with van der Waals surface area (Å²) in [6.07, 6.45) is 2.07. The molecule has 1 aromatic heterocycles. The van der Waals surface area contributed by atoms with Gasteiger partial charge in [0.1, 0.15) is 5.69 Å². The molecule has 0 atom stereocenters. The van der Waals surface area contributed by atoms with E-state index in [4.69, 9.17) is 0 Å². The van der Waals surface area contributed by atoms with Gasteiger partial charge in [-0.05, 0) is 12.1 Å². The highest BCUT2D eigenvalue weighted by Crippen LogP contribution is 2.33. The van der Waals surface area contributed by atoms with E-state index in [2.05, 4.69) is 23.2 Å². The number of benzene rings is 2. The average molecular weight is 252 g/mol. The molecule has 1 N–H and O–H groups in total. The second kappa shape index (κ2) is 3.83. The summed E-state index contributed by atoms with van der Waals surface area (Å²) in [5.41, 5.74) is 3.14. The van der Waals surface area contributed by atoms with Gasteiger partial charge in [-0.2, -0.15) is 0 Å². The Morgan fingerprint density at radius 3 is 2.47 bits per heavy atom. The summed E-state index contributed by atoms with van der Waals surface area (Å²) in [5, 5.41) is 15.1. The van der Waals surface area contributed by atoms with Crippen molar-refractivity contribution in [1.29, 1.82) is 0 Å².